The van der Waals surface area contributed by atoms with E-state index in [4.69, 9.17) is 9.47 Å². The van der Waals surface area contributed by atoms with Crippen LogP contribution in [0.15, 0.2) is 40.9 Å². The van der Waals surface area contributed by atoms with Gasteiger partial charge in [0.1, 0.15) is 17.3 Å². The fourth-order valence-electron chi connectivity index (χ4n) is 1.84. The van der Waals surface area contributed by atoms with Crippen molar-refractivity contribution in [2.24, 2.45) is 0 Å². The number of benzene rings is 2. The molecule has 0 saturated carbocycles. The molecule has 0 amide bonds. The third-order valence-corrected chi connectivity index (χ3v) is 3.56. The number of carbonyl (C=O) groups is 1. The Balaban J connectivity index is 2.13. The van der Waals surface area contributed by atoms with Crippen LogP contribution in [-0.2, 0) is 0 Å². The zero-order valence-electron chi connectivity index (χ0n) is 11.7. The Morgan fingerprint density at radius 2 is 1.95 bits per heavy atom. The van der Waals surface area contributed by atoms with Crippen molar-refractivity contribution in [3.63, 3.8) is 0 Å². The molecule has 0 spiro atoms. The molecule has 21 heavy (non-hydrogen) atoms. The van der Waals surface area contributed by atoms with Gasteiger partial charge in [0.15, 0.2) is 6.61 Å². The molecule has 0 bridgehead atoms. The zero-order chi connectivity index (χ0) is 15.4. The van der Waals surface area contributed by atoms with E-state index in [0.717, 1.165) is 5.56 Å². The van der Waals surface area contributed by atoms with Gasteiger partial charge in [-0.05, 0) is 52.7 Å². The summed E-state index contributed by atoms with van der Waals surface area (Å²) in [7, 11) is 1.51. The quantitative estimate of drug-likeness (QED) is 0.757. The van der Waals surface area contributed by atoms with Crippen LogP contribution in [0.1, 0.15) is 15.9 Å². The summed E-state index contributed by atoms with van der Waals surface area (Å²) in [6.07, 6.45) is 0. The standard InChI is InChI=1S/C16H14BrFO3/c1-10-3-5-12(15(7-10)20-2)14(19)9-21-16-8-11(18)4-6-13(16)17/h3-8H,9H2,1-2H3. The van der Waals surface area contributed by atoms with Crippen LogP contribution in [0.4, 0.5) is 4.39 Å². The van der Waals surface area contributed by atoms with E-state index in [-0.39, 0.29) is 18.1 Å². The monoisotopic (exact) mass is 352 g/mol. The highest BCUT2D eigenvalue weighted by molar-refractivity contribution is 9.10. The minimum atomic E-state index is -0.423. The number of ketones is 1. The summed E-state index contributed by atoms with van der Waals surface area (Å²) in [4.78, 5) is 12.2. The van der Waals surface area contributed by atoms with Gasteiger partial charge in [-0.2, -0.15) is 0 Å². The van der Waals surface area contributed by atoms with Crippen molar-refractivity contribution in [1.82, 2.24) is 0 Å². The van der Waals surface area contributed by atoms with E-state index in [1.807, 2.05) is 13.0 Å². The van der Waals surface area contributed by atoms with E-state index in [9.17, 15) is 9.18 Å². The fourth-order valence-corrected chi connectivity index (χ4v) is 2.20. The predicted molar refractivity (Wildman–Crippen MR) is 81.7 cm³/mol. The lowest BCUT2D eigenvalue weighted by molar-refractivity contribution is 0.0917. The van der Waals surface area contributed by atoms with Gasteiger partial charge < -0.3 is 9.47 Å². The first-order valence-electron chi connectivity index (χ1n) is 6.27. The van der Waals surface area contributed by atoms with Crippen molar-refractivity contribution in [2.45, 2.75) is 6.92 Å². The van der Waals surface area contributed by atoms with Crippen molar-refractivity contribution in [1.29, 1.82) is 0 Å². The van der Waals surface area contributed by atoms with Crippen LogP contribution < -0.4 is 9.47 Å². The van der Waals surface area contributed by atoms with Crippen LogP contribution in [0.2, 0.25) is 0 Å². The van der Waals surface area contributed by atoms with E-state index in [2.05, 4.69) is 15.9 Å². The number of carbonyl (C=O) groups excluding carboxylic acids is 1. The number of aryl methyl sites for hydroxylation is 1. The summed E-state index contributed by atoms with van der Waals surface area (Å²) in [5.74, 6) is 0.132. The van der Waals surface area contributed by atoms with E-state index in [1.165, 1.54) is 25.3 Å². The number of ether oxygens (including phenoxy) is 2. The van der Waals surface area contributed by atoms with Crippen LogP contribution in [0.3, 0.4) is 0 Å². The van der Waals surface area contributed by atoms with Gasteiger partial charge in [-0.15, -0.1) is 0 Å². The lowest BCUT2D eigenvalue weighted by Gasteiger charge is -2.10. The third kappa shape index (κ3) is 3.82. The summed E-state index contributed by atoms with van der Waals surface area (Å²) in [6.45, 7) is 1.72. The van der Waals surface area contributed by atoms with Crippen LogP contribution in [0, 0.1) is 12.7 Å². The molecule has 110 valence electrons. The molecule has 0 aliphatic heterocycles. The molecule has 0 aromatic heterocycles. The molecule has 2 aromatic rings. The molecule has 0 aliphatic rings. The first kappa shape index (κ1) is 15.5. The van der Waals surface area contributed by atoms with E-state index in [1.54, 1.807) is 12.1 Å². The van der Waals surface area contributed by atoms with Gasteiger partial charge in [0.25, 0.3) is 0 Å². The van der Waals surface area contributed by atoms with Crippen LogP contribution in [0.25, 0.3) is 0 Å². The number of rotatable bonds is 5. The van der Waals surface area contributed by atoms with Crippen molar-refractivity contribution >= 4 is 21.7 Å². The fraction of sp³-hybridized carbons (Fsp3) is 0.188. The molecule has 0 fully saturated rings. The Morgan fingerprint density at radius 3 is 2.67 bits per heavy atom. The highest BCUT2D eigenvalue weighted by Gasteiger charge is 2.14. The summed E-state index contributed by atoms with van der Waals surface area (Å²) in [5.41, 5.74) is 1.44. The zero-order valence-corrected chi connectivity index (χ0v) is 13.2. The van der Waals surface area contributed by atoms with Gasteiger partial charge in [0.2, 0.25) is 5.78 Å². The Labute approximate surface area is 130 Å². The molecule has 0 saturated heterocycles. The molecule has 0 N–H and O–H groups in total. The lowest BCUT2D eigenvalue weighted by Crippen LogP contribution is -2.13. The molecule has 5 heteroatoms. The first-order chi connectivity index (χ1) is 10.0. The topological polar surface area (TPSA) is 35.5 Å². The van der Waals surface area contributed by atoms with Crippen LogP contribution in [0.5, 0.6) is 11.5 Å². The predicted octanol–water partition coefficient (Wildman–Crippen LogP) is 4.17. The Hall–Kier alpha value is -1.88. The first-order valence-corrected chi connectivity index (χ1v) is 7.06. The van der Waals surface area contributed by atoms with E-state index >= 15 is 0 Å². The SMILES string of the molecule is COc1cc(C)ccc1C(=O)COc1cc(F)ccc1Br. The maximum Gasteiger partial charge on any atom is 0.203 e. The average Bonchev–Trinajstić information content (AvgIpc) is 2.47. The number of methoxy groups -OCH3 is 1. The van der Waals surface area contributed by atoms with Crippen LogP contribution >= 0.6 is 15.9 Å². The van der Waals surface area contributed by atoms with Gasteiger partial charge in [0.05, 0.1) is 17.1 Å². The summed E-state index contributed by atoms with van der Waals surface area (Å²) < 4.78 is 24.3. The molecular formula is C16H14BrFO3. The second-order valence-corrected chi connectivity index (χ2v) is 5.34. The smallest absolute Gasteiger partial charge is 0.203 e. The summed E-state index contributed by atoms with van der Waals surface area (Å²) in [6, 6.07) is 9.37. The maximum atomic E-state index is 13.2. The summed E-state index contributed by atoms with van der Waals surface area (Å²) in [5, 5.41) is 0. The van der Waals surface area contributed by atoms with Crippen molar-refractivity contribution < 1.29 is 18.7 Å². The number of hydrogen-bond acceptors (Lipinski definition) is 3. The van der Waals surface area contributed by atoms with Crippen molar-refractivity contribution in [3.8, 4) is 11.5 Å². The Bertz CT molecular complexity index is 671. The maximum absolute atomic E-state index is 13.2. The highest BCUT2D eigenvalue weighted by Crippen LogP contribution is 2.26. The molecular weight excluding hydrogens is 339 g/mol. The minimum absolute atomic E-state index is 0.193. The second kappa shape index (κ2) is 6.72. The molecule has 2 rings (SSSR count). The van der Waals surface area contributed by atoms with Crippen molar-refractivity contribution in [3.05, 3.63) is 57.8 Å². The molecule has 0 radical (unpaired) electrons. The van der Waals surface area contributed by atoms with Gasteiger partial charge in [-0.25, -0.2) is 4.39 Å². The molecule has 0 heterocycles. The molecule has 3 nitrogen and oxygen atoms in total. The number of halogens is 2. The van der Waals surface area contributed by atoms with Crippen molar-refractivity contribution in [2.75, 3.05) is 13.7 Å². The third-order valence-electron chi connectivity index (χ3n) is 2.91. The normalized spacial score (nSPS) is 10.3. The number of Topliss-reactive ketones (excluding diaryl/α,β-unsaturated/α-hetero) is 1. The second-order valence-electron chi connectivity index (χ2n) is 4.49. The largest absolute Gasteiger partial charge is 0.496 e. The minimum Gasteiger partial charge on any atom is -0.496 e. The van der Waals surface area contributed by atoms with Crippen LogP contribution in [-0.4, -0.2) is 19.5 Å². The van der Waals surface area contributed by atoms with Gasteiger partial charge in [0, 0.05) is 6.07 Å². The van der Waals surface area contributed by atoms with Gasteiger partial charge in [-0.1, -0.05) is 6.07 Å². The van der Waals surface area contributed by atoms with Gasteiger partial charge >= 0.3 is 0 Å². The number of hydrogen-bond donors (Lipinski definition) is 0. The average molecular weight is 353 g/mol. The Kier molecular flexibility index (Phi) is 4.96. The molecule has 0 unspecified atom stereocenters. The summed E-state index contributed by atoms with van der Waals surface area (Å²) >= 11 is 3.25. The Morgan fingerprint density at radius 1 is 1.19 bits per heavy atom. The molecule has 0 aliphatic carbocycles. The molecule has 2 aromatic carbocycles. The van der Waals surface area contributed by atoms with E-state index in [0.29, 0.717) is 15.8 Å². The lowest BCUT2D eigenvalue weighted by atomic mass is 10.1. The van der Waals surface area contributed by atoms with Gasteiger partial charge in [-0.3, -0.25) is 4.79 Å². The molecule has 0 atom stereocenters. The van der Waals surface area contributed by atoms with E-state index < -0.39 is 5.82 Å². The highest BCUT2D eigenvalue weighted by atomic mass is 79.9.